The molecule has 1 aromatic carbocycles. The van der Waals surface area contributed by atoms with Crippen LogP contribution in [0.4, 0.5) is 0 Å². The Morgan fingerprint density at radius 2 is 1.96 bits per heavy atom. The van der Waals surface area contributed by atoms with E-state index in [1.54, 1.807) is 4.90 Å². The summed E-state index contributed by atoms with van der Waals surface area (Å²) in [4.78, 5) is 27.0. The van der Waals surface area contributed by atoms with Crippen LogP contribution in [0, 0.1) is 11.8 Å². The molecular weight excluding hydrogens is 322 g/mol. The molecule has 0 radical (unpaired) electrons. The van der Waals surface area contributed by atoms with Gasteiger partial charge in [0.15, 0.2) is 6.04 Å². The SMILES string of the molecule is CC(C)[C@H](C(=O)N1CC[C@@H](C(=O)O)C1)n1nnc(-c2ccccc2)n1. The number of carboxylic acid groups (broad SMARTS) is 1. The van der Waals surface area contributed by atoms with Gasteiger partial charge in [-0.25, -0.2) is 0 Å². The third-order valence-electron chi connectivity index (χ3n) is 4.44. The molecule has 2 aromatic rings. The molecular formula is C17H21N5O3. The lowest BCUT2D eigenvalue weighted by Gasteiger charge is -2.24. The van der Waals surface area contributed by atoms with Gasteiger partial charge in [-0.05, 0) is 17.6 Å². The van der Waals surface area contributed by atoms with Gasteiger partial charge in [0.25, 0.3) is 0 Å². The molecule has 1 aliphatic rings. The Labute approximate surface area is 145 Å². The maximum absolute atomic E-state index is 12.9. The number of carboxylic acids is 1. The molecule has 2 heterocycles. The van der Waals surface area contributed by atoms with Gasteiger partial charge in [0.1, 0.15) is 0 Å². The maximum Gasteiger partial charge on any atom is 0.308 e. The van der Waals surface area contributed by atoms with E-state index in [2.05, 4.69) is 15.4 Å². The molecule has 1 fully saturated rings. The molecule has 1 aliphatic heterocycles. The molecule has 8 nitrogen and oxygen atoms in total. The van der Waals surface area contributed by atoms with Crippen molar-refractivity contribution in [2.75, 3.05) is 13.1 Å². The van der Waals surface area contributed by atoms with Crippen molar-refractivity contribution in [2.24, 2.45) is 11.8 Å². The second-order valence-electron chi connectivity index (χ2n) is 6.60. The second-order valence-corrected chi connectivity index (χ2v) is 6.60. The van der Waals surface area contributed by atoms with Crippen molar-refractivity contribution in [1.29, 1.82) is 0 Å². The molecule has 2 atom stereocenters. The molecule has 1 N–H and O–H groups in total. The summed E-state index contributed by atoms with van der Waals surface area (Å²) in [6.07, 6.45) is 0.478. The van der Waals surface area contributed by atoms with Crippen molar-refractivity contribution in [3.05, 3.63) is 30.3 Å². The number of hydrogen-bond donors (Lipinski definition) is 1. The average Bonchev–Trinajstić information content (AvgIpc) is 3.25. The number of aromatic nitrogens is 4. The molecule has 25 heavy (non-hydrogen) atoms. The van der Waals surface area contributed by atoms with E-state index in [0.29, 0.717) is 18.8 Å². The summed E-state index contributed by atoms with van der Waals surface area (Å²) in [6.45, 7) is 4.51. The molecule has 132 valence electrons. The van der Waals surface area contributed by atoms with Crippen molar-refractivity contribution in [3.63, 3.8) is 0 Å². The molecule has 0 aliphatic carbocycles. The Hall–Kier alpha value is -2.77. The van der Waals surface area contributed by atoms with E-state index in [-0.39, 0.29) is 18.4 Å². The molecule has 1 aromatic heterocycles. The average molecular weight is 343 g/mol. The summed E-state index contributed by atoms with van der Waals surface area (Å²) >= 11 is 0. The van der Waals surface area contributed by atoms with Gasteiger partial charge in [0, 0.05) is 18.7 Å². The fourth-order valence-corrected chi connectivity index (χ4v) is 3.05. The third kappa shape index (κ3) is 3.52. The van der Waals surface area contributed by atoms with Crippen LogP contribution in [-0.2, 0) is 9.59 Å². The summed E-state index contributed by atoms with van der Waals surface area (Å²) < 4.78 is 0. The number of aliphatic carboxylic acids is 1. The van der Waals surface area contributed by atoms with Crippen LogP contribution in [0.25, 0.3) is 11.4 Å². The molecule has 0 bridgehead atoms. The van der Waals surface area contributed by atoms with Crippen LogP contribution in [0.2, 0.25) is 0 Å². The van der Waals surface area contributed by atoms with Gasteiger partial charge in [-0.3, -0.25) is 9.59 Å². The first-order valence-corrected chi connectivity index (χ1v) is 8.34. The van der Waals surface area contributed by atoms with Crippen molar-refractivity contribution in [1.82, 2.24) is 25.1 Å². The van der Waals surface area contributed by atoms with Crippen LogP contribution in [0.5, 0.6) is 0 Å². The number of nitrogens with zero attached hydrogens (tertiary/aromatic N) is 5. The standard InChI is InChI=1S/C17H21N5O3/c1-11(2)14(16(23)21-9-8-13(10-21)17(24)25)22-19-15(18-20-22)12-6-4-3-5-7-12/h3-7,11,13-14H,8-10H2,1-2H3,(H,24,25)/t13-,14-/m1/s1. The van der Waals surface area contributed by atoms with Gasteiger partial charge in [-0.2, -0.15) is 4.80 Å². The van der Waals surface area contributed by atoms with Gasteiger partial charge in [0.2, 0.25) is 11.7 Å². The molecule has 0 spiro atoms. The number of amides is 1. The maximum atomic E-state index is 12.9. The zero-order chi connectivity index (χ0) is 18.0. The van der Waals surface area contributed by atoms with Crippen LogP contribution in [-0.4, -0.2) is 55.2 Å². The van der Waals surface area contributed by atoms with Crippen LogP contribution >= 0.6 is 0 Å². The number of tetrazole rings is 1. The normalized spacial score (nSPS) is 18.5. The number of hydrogen-bond acceptors (Lipinski definition) is 5. The van der Waals surface area contributed by atoms with Crippen molar-refractivity contribution >= 4 is 11.9 Å². The van der Waals surface area contributed by atoms with Crippen LogP contribution < -0.4 is 0 Å². The highest BCUT2D eigenvalue weighted by molar-refractivity contribution is 5.82. The largest absolute Gasteiger partial charge is 0.481 e. The summed E-state index contributed by atoms with van der Waals surface area (Å²) in [6, 6.07) is 8.84. The lowest BCUT2D eigenvalue weighted by Crippen LogP contribution is -2.39. The minimum atomic E-state index is -0.860. The highest BCUT2D eigenvalue weighted by Gasteiger charge is 2.37. The van der Waals surface area contributed by atoms with Crippen molar-refractivity contribution in [2.45, 2.75) is 26.3 Å². The fourth-order valence-electron chi connectivity index (χ4n) is 3.05. The van der Waals surface area contributed by atoms with E-state index in [1.807, 2.05) is 44.2 Å². The monoisotopic (exact) mass is 343 g/mol. The highest BCUT2D eigenvalue weighted by Crippen LogP contribution is 2.25. The first kappa shape index (κ1) is 17.1. The molecule has 8 heteroatoms. The summed E-state index contributed by atoms with van der Waals surface area (Å²) in [5.74, 6) is -1.10. The number of carbonyl (C=O) groups excluding carboxylic acids is 1. The Balaban J connectivity index is 1.81. The molecule has 1 amide bonds. The Bertz CT molecular complexity index is 759. The van der Waals surface area contributed by atoms with Gasteiger partial charge in [-0.15, -0.1) is 10.2 Å². The molecule has 1 saturated heterocycles. The summed E-state index contributed by atoms with van der Waals surface area (Å²) in [5.41, 5.74) is 0.829. The van der Waals surface area contributed by atoms with Crippen LogP contribution in [0.15, 0.2) is 30.3 Å². The lowest BCUT2D eigenvalue weighted by molar-refractivity contribution is -0.141. The van der Waals surface area contributed by atoms with Gasteiger partial charge in [0.05, 0.1) is 5.92 Å². The number of carbonyl (C=O) groups is 2. The number of rotatable bonds is 5. The van der Waals surface area contributed by atoms with Crippen LogP contribution in [0.1, 0.15) is 26.3 Å². The van der Waals surface area contributed by atoms with E-state index in [1.165, 1.54) is 4.80 Å². The van der Waals surface area contributed by atoms with E-state index < -0.39 is 17.9 Å². The number of likely N-dealkylation sites (tertiary alicyclic amines) is 1. The fraction of sp³-hybridized carbons (Fsp3) is 0.471. The second kappa shape index (κ2) is 7.00. The molecule has 0 unspecified atom stereocenters. The van der Waals surface area contributed by atoms with Gasteiger partial charge in [-0.1, -0.05) is 44.2 Å². The quantitative estimate of drug-likeness (QED) is 0.882. The third-order valence-corrected chi connectivity index (χ3v) is 4.44. The van der Waals surface area contributed by atoms with E-state index >= 15 is 0 Å². The van der Waals surface area contributed by atoms with E-state index in [9.17, 15) is 9.59 Å². The minimum Gasteiger partial charge on any atom is -0.481 e. The zero-order valence-electron chi connectivity index (χ0n) is 14.2. The topological polar surface area (TPSA) is 101 Å². The number of benzene rings is 1. The smallest absolute Gasteiger partial charge is 0.308 e. The first-order chi connectivity index (χ1) is 12.0. The first-order valence-electron chi connectivity index (χ1n) is 8.34. The minimum absolute atomic E-state index is 0.0470. The predicted molar refractivity (Wildman–Crippen MR) is 89.5 cm³/mol. The van der Waals surface area contributed by atoms with E-state index in [4.69, 9.17) is 5.11 Å². The molecule has 3 rings (SSSR count). The summed E-state index contributed by atoms with van der Waals surface area (Å²) in [5, 5.41) is 21.6. The summed E-state index contributed by atoms with van der Waals surface area (Å²) in [7, 11) is 0. The predicted octanol–water partition coefficient (Wildman–Crippen LogP) is 1.47. The van der Waals surface area contributed by atoms with Gasteiger partial charge >= 0.3 is 5.97 Å². The Kier molecular flexibility index (Phi) is 4.78. The van der Waals surface area contributed by atoms with Crippen molar-refractivity contribution < 1.29 is 14.7 Å². The van der Waals surface area contributed by atoms with E-state index in [0.717, 1.165) is 5.56 Å². The Morgan fingerprint density at radius 1 is 1.24 bits per heavy atom. The highest BCUT2D eigenvalue weighted by atomic mass is 16.4. The van der Waals surface area contributed by atoms with Crippen molar-refractivity contribution in [3.8, 4) is 11.4 Å². The lowest BCUT2D eigenvalue weighted by atomic mass is 10.0. The Morgan fingerprint density at radius 3 is 2.56 bits per heavy atom. The van der Waals surface area contributed by atoms with Crippen LogP contribution in [0.3, 0.4) is 0 Å². The zero-order valence-corrected chi connectivity index (χ0v) is 14.2. The van der Waals surface area contributed by atoms with Gasteiger partial charge < -0.3 is 10.0 Å². The molecule has 0 saturated carbocycles.